The normalized spacial score (nSPS) is 26.3. The molecule has 8 nitrogen and oxygen atoms in total. The van der Waals surface area contributed by atoms with Crippen LogP contribution in [0.25, 0.3) is 0 Å². The molecule has 1 aromatic carbocycles. The maximum Gasteiger partial charge on any atom is 0.417 e. The molecule has 1 aliphatic rings. The fraction of sp³-hybridized carbons (Fsp3) is 0.381. The minimum atomic E-state index is -5.05. The number of hydrogen-bond donors (Lipinski definition) is 2. The fourth-order valence-electron chi connectivity index (χ4n) is 3.89. The van der Waals surface area contributed by atoms with E-state index in [-0.39, 0.29) is 10.4 Å². The summed E-state index contributed by atoms with van der Waals surface area (Å²) in [6.07, 6.45) is -6.28. The Morgan fingerprint density at radius 3 is 2.59 bits per heavy atom. The van der Waals surface area contributed by atoms with Gasteiger partial charge in [-0.2, -0.15) is 22.3 Å². The molecular formula is C21H20F5N3O5. The summed E-state index contributed by atoms with van der Waals surface area (Å²) in [6.45, 7) is 1.69. The topological polar surface area (TPSA) is 118 Å². The van der Waals surface area contributed by atoms with Crippen molar-refractivity contribution in [1.29, 1.82) is 0 Å². The first-order valence-electron chi connectivity index (χ1n) is 11.1. The van der Waals surface area contributed by atoms with Crippen LogP contribution in [0, 0.1) is 22.8 Å². The molecule has 0 radical (unpaired) electrons. The predicted molar refractivity (Wildman–Crippen MR) is 107 cm³/mol. The van der Waals surface area contributed by atoms with Crippen LogP contribution in [0.15, 0.2) is 30.5 Å². The zero-order valence-electron chi connectivity index (χ0n) is 20.6. The first-order chi connectivity index (χ1) is 16.9. The van der Waals surface area contributed by atoms with Crippen LogP contribution in [0.5, 0.6) is 5.75 Å². The lowest BCUT2D eigenvalue weighted by atomic mass is 9.77. The molecule has 0 unspecified atom stereocenters. The van der Waals surface area contributed by atoms with E-state index in [9.17, 15) is 36.7 Å². The second-order valence-electron chi connectivity index (χ2n) is 7.82. The van der Waals surface area contributed by atoms with E-state index in [1.54, 1.807) is 0 Å². The molecular weight excluding hydrogens is 469 g/mol. The first-order valence-corrected chi connectivity index (χ1v) is 9.62. The lowest BCUT2D eigenvalue weighted by Gasteiger charge is -2.32. The lowest BCUT2D eigenvalue weighted by Crippen LogP contribution is -2.47. The maximum atomic E-state index is 14.6. The first kappa shape index (κ1) is 21.1. The number of pyridine rings is 1. The molecule has 2 heterocycles. The number of alkyl halides is 3. The Balaban J connectivity index is 2.13. The molecule has 4 atom stereocenters. The highest BCUT2D eigenvalue weighted by molar-refractivity contribution is 5.97. The van der Waals surface area contributed by atoms with Gasteiger partial charge >= 0.3 is 12.1 Å². The summed E-state index contributed by atoms with van der Waals surface area (Å²) in [5, 5.41) is 13.9. The maximum absolute atomic E-state index is 14.6. The molecule has 184 valence electrons. The van der Waals surface area contributed by atoms with Crippen molar-refractivity contribution >= 4 is 17.5 Å². The summed E-state index contributed by atoms with van der Waals surface area (Å²) >= 11 is 0. The Hall–Kier alpha value is -3.48. The van der Waals surface area contributed by atoms with Gasteiger partial charge in [0.2, 0.25) is 5.82 Å². The highest BCUT2D eigenvalue weighted by Crippen LogP contribution is 2.55. The van der Waals surface area contributed by atoms with E-state index in [4.69, 9.17) is 14.6 Å². The highest BCUT2D eigenvalue weighted by Gasteiger charge is 2.65. The van der Waals surface area contributed by atoms with Crippen LogP contribution in [0.4, 0.5) is 27.6 Å². The summed E-state index contributed by atoms with van der Waals surface area (Å²) in [4.78, 5) is 24.6. The van der Waals surface area contributed by atoms with Gasteiger partial charge in [0.25, 0.3) is 11.6 Å². The third kappa shape index (κ3) is 4.11. The van der Waals surface area contributed by atoms with Crippen molar-refractivity contribution < 1.29 is 49.9 Å². The Morgan fingerprint density at radius 2 is 2.00 bits per heavy atom. The van der Waals surface area contributed by atoms with Gasteiger partial charge < -0.3 is 25.7 Å². The summed E-state index contributed by atoms with van der Waals surface area (Å²) in [6, 6.07) is 3.24. The second kappa shape index (κ2) is 8.70. The summed E-state index contributed by atoms with van der Waals surface area (Å²) in [7, 11) is -3.32. The van der Waals surface area contributed by atoms with Gasteiger partial charge in [0.05, 0.1) is 16.8 Å². The van der Waals surface area contributed by atoms with E-state index >= 15 is 0 Å². The highest BCUT2D eigenvalue weighted by atomic mass is 19.4. The third-order valence-corrected chi connectivity index (χ3v) is 5.91. The van der Waals surface area contributed by atoms with Crippen molar-refractivity contribution in [2.45, 2.75) is 37.6 Å². The van der Waals surface area contributed by atoms with Crippen LogP contribution < -0.4 is 20.5 Å². The molecule has 34 heavy (non-hydrogen) atoms. The van der Waals surface area contributed by atoms with Crippen LogP contribution in [-0.2, 0) is 9.53 Å². The van der Waals surface area contributed by atoms with Gasteiger partial charge in [-0.05, 0) is 13.0 Å². The number of anilines is 1. The molecule has 2 amide bonds. The molecule has 1 aromatic heterocycles. The molecule has 1 fully saturated rings. The van der Waals surface area contributed by atoms with E-state index in [0.29, 0.717) is 13.0 Å². The van der Waals surface area contributed by atoms with Gasteiger partial charge in [-0.1, -0.05) is 13.0 Å². The molecule has 0 bridgehead atoms. The molecule has 13 heteroatoms. The molecule has 0 aliphatic carbocycles. The Labute approximate surface area is 194 Å². The third-order valence-electron chi connectivity index (χ3n) is 5.91. The van der Waals surface area contributed by atoms with Crippen LogP contribution >= 0.6 is 0 Å². The number of nitrogens with one attached hydrogen (secondary N) is 1. The van der Waals surface area contributed by atoms with Gasteiger partial charge in [-0.15, -0.1) is 0 Å². The second-order valence-corrected chi connectivity index (χ2v) is 7.82. The smallest absolute Gasteiger partial charge is 0.417 e. The van der Waals surface area contributed by atoms with Gasteiger partial charge in [-0.25, -0.2) is 4.39 Å². The zero-order chi connectivity index (χ0) is 28.1. The molecule has 1 saturated heterocycles. The average molecular weight is 492 g/mol. The Bertz CT molecular complexity index is 1240. The van der Waals surface area contributed by atoms with Crippen molar-refractivity contribution in [3.63, 3.8) is 0 Å². The number of ether oxygens (including phenoxy) is 2. The fourth-order valence-corrected chi connectivity index (χ4v) is 3.89. The van der Waals surface area contributed by atoms with Crippen LogP contribution in [0.3, 0.4) is 0 Å². The zero-order valence-corrected chi connectivity index (χ0v) is 17.6. The standard InChI is InChI=1S/C21H20F5N3O5/c1-9-14(11-4-5-12(22)15(23)16(11)33-3)17(34-20(9,2)21(24,25)26)19(31)28-10-6-7-29(32)13(8-10)18(27)30/h4-9,14,17H,1-3H3,(H2,27,30)(H,28,31)/t9-,14-,17+,20+/m1/s1/i3D3. The van der Waals surface area contributed by atoms with Crippen LogP contribution in [0.1, 0.15) is 39.9 Å². The number of benzene rings is 1. The van der Waals surface area contributed by atoms with Gasteiger partial charge in [-0.3, -0.25) is 9.59 Å². The number of carbonyl (C=O) groups excluding carboxylic acids is 2. The van der Waals surface area contributed by atoms with Crippen molar-refractivity contribution in [2.24, 2.45) is 11.7 Å². The minimum absolute atomic E-state index is 0.0926. The van der Waals surface area contributed by atoms with E-state index in [2.05, 4.69) is 10.1 Å². The molecule has 0 spiro atoms. The number of hydrogen-bond acceptors (Lipinski definition) is 5. The number of methoxy groups -OCH3 is 1. The van der Waals surface area contributed by atoms with Crippen molar-refractivity contribution in [1.82, 2.24) is 0 Å². The number of nitrogens with two attached hydrogens (primary N) is 1. The minimum Gasteiger partial charge on any atom is -0.618 e. The largest absolute Gasteiger partial charge is 0.618 e. The average Bonchev–Trinajstić information content (AvgIpc) is 3.04. The number of carbonyl (C=O) groups is 2. The summed E-state index contributed by atoms with van der Waals surface area (Å²) < 4.78 is 102. The summed E-state index contributed by atoms with van der Waals surface area (Å²) in [5.41, 5.74) is 0.723. The molecule has 2 aromatic rings. The quantitative estimate of drug-likeness (QED) is 0.378. The number of rotatable bonds is 5. The molecule has 3 rings (SSSR count). The Morgan fingerprint density at radius 1 is 1.32 bits per heavy atom. The molecule has 0 saturated carbocycles. The molecule has 1 aliphatic heterocycles. The number of primary amides is 1. The lowest BCUT2D eigenvalue weighted by molar-refractivity contribution is -0.607. The number of aromatic nitrogens is 1. The predicted octanol–water partition coefficient (Wildman–Crippen LogP) is 2.78. The van der Waals surface area contributed by atoms with Crippen molar-refractivity contribution in [3.8, 4) is 5.75 Å². The van der Waals surface area contributed by atoms with Gasteiger partial charge in [0.15, 0.2) is 23.4 Å². The number of nitrogens with zero attached hydrogens (tertiary/aromatic N) is 1. The van der Waals surface area contributed by atoms with E-state index in [0.717, 1.165) is 31.3 Å². The Kier molecular flexibility index (Phi) is 5.40. The van der Waals surface area contributed by atoms with Gasteiger partial charge in [0.1, 0.15) is 6.10 Å². The van der Waals surface area contributed by atoms with Crippen molar-refractivity contribution in [2.75, 3.05) is 12.4 Å². The van der Waals surface area contributed by atoms with Crippen LogP contribution in [0.2, 0.25) is 0 Å². The molecule has 3 N–H and O–H groups in total. The van der Waals surface area contributed by atoms with Gasteiger partial charge in [0, 0.05) is 29.5 Å². The van der Waals surface area contributed by atoms with Crippen molar-refractivity contribution in [3.05, 3.63) is 58.6 Å². The summed E-state index contributed by atoms with van der Waals surface area (Å²) in [5.74, 6) is -10.2. The monoisotopic (exact) mass is 492 g/mol. The SMILES string of the molecule is [2H]C([2H])([2H])Oc1c([C@@H]2[C@@H](C(=O)Nc3cc[n+]([O-])c(C(N)=O)c3)O[C@](C)(C(F)(F)F)[C@@H]2C)ccc(F)c1F. The van der Waals surface area contributed by atoms with E-state index < -0.39 is 77.2 Å². The number of amides is 2. The van der Waals surface area contributed by atoms with E-state index in [1.807, 2.05) is 0 Å². The van der Waals surface area contributed by atoms with Crippen LogP contribution in [-0.4, -0.2) is 36.7 Å². The van der Waals surface area contributed by atoms with E-state index in [1.165, 1.54) is 0 Å². The number of halogens is 5.